The lowest BCUT2D eigenvalue weighted by Crippen LogP contribution is -2.42. The molecule has 174 valence electrons. The maximum atomic E-state index is 14.2. The number of ether oxygens (including phenoxy) is 1. The first-order chi connectivity index (χ1) is 16.3. The monoisotopic (exact) mass is 466 g/mol. The van der Waals surface area contributed by atoms with Crippen LogP contribution >= 0.6 is 0 Å². The van der Waals surface area contributed by atoms with Gasteiger partial charge in [-0.05, 0) is 25.0 Å². The van der Waals surface area contributed by atoms with Gasteiger partial charge in [0.2, 0.25) is 0 Å². The van der Waals surface area contributed by atoms with Crippen LogP contribution < -0.4 is 17.2 Å². The molecule has 5 rings (SSSR count). The molecule has 1 saturated heterocycles. The van der Waals surface area contributed by atoms with Gasteiger partial charge in [-0.1, -0.05) is 18.2 Å². The summed E-state index contributed by atoms with van der Waals surface area (Å²) in [5.74, 6) is -2.00. The van der Waals surface area contributed by atoms with Crippen LogP contribution in [0.1, 0.15) is 24.0 Å². The maximum Gasteiger partial charge on any atom is 0.254 e. The van der Waals surface area contributed by atoms with Crippen LogP contribution in [0.4, 0.5) is 20.4 Å². The average Bonchev–Trinajstić information content (AvgIpc) is 3.41. The highest BCUT2D eigenvalue weighted by Crippen LogP contribution is 2.41. The first-order valence-electron chi connectivity index (χ1n) is 10.4. The third-order valence-corrected chi connectivity index (χ3v) is 5.83. The molecule has 1 aromatic carbocycles. The van der Waals surface area contributed by atoms with Crippen LogP contribution in [0.5, 0.6) is 0 Å². The zero-order valence-corrected chi connectivity index (χ0v) is 17.8. The van der Waals surface area contributed by atoms with Crippen molar-refractivity contribution in [2.75, 3.05) is 18.1 Å². The minimum absolute atomic E-state index is 0.0129. The van der Waals surface area contributed by atoms with Crippen LogP contribution in [0.25, 0.3) is 22.6 Å². The standard InChI is InChI=1S/C22H20F2N8O2/c23-12-8-13-16(31-32(20(13)28-9-12)10-11-4-1-2-5-14(11)24)19-29-17(25)15(18(26)30-19)22(21(27)33)6-3-7-34-22/h1-2,4-5,8-9H,3,6-7,10H2,(H2,27,33)(H4,25,26,29,30). The van der Waals surface area contributed by atoms with Gasteiger partial charge in [-0.15, -0.1) is 0 Å². The number of nitrogen functional groups attached to an aromatic ring is 2. The van der Waals surface area contributed by atoms with E-state index < -0.39 is 23.1 Å². The van der Waals surface area contributed by atoms with Gasteiger partial charge in [0.15, 0.2) is 17.1 Å². The number of anilines is 2. The molecular weight excluding hydrogens is 446 g/mol. The molecule has 4 aromatic rings. The fraction of sp³-hybridized carbons (Fsp3) is 0.227. The molecule has 1 unspecified atom stereocenters. The van der Waals surface area contributed by atoms with Crippen LogP contribution in [-0.4, -0.2) is 37.2 Å². The molecule has 12 heteroatoms. The topological polar surface area (TPSA) is 161 Å². The van der Waals surface area contributed by atoms with Crippen molar-refractivity contribution in [1.29, 1.82) is 0 Å². The number of fused-ring (bicyclic) bond motifs is 1. The van der Waals surface area contributed by atoms with Crippen molar-refractivity contribution in [3.8, 4) is 11.5 Å². The molecule has 0 bridgehead atoms. The van der Waals surface area contributed by atoms with E-state index in [4.69, 9.17) is 21.9 Å². The highest BCUT2D eigenvalue weighted by Gasteiger charge is 2.47. The Balaban J connectivity index is 1.66. The number of hydrogen-bond donors (Lipinski definition) is 3. The predicted molar refractivity (Wildman–Crippen MR) is 119 cm³/mol. The normalized spacial score (nSPS) is 17.9. The Labute approximate surface area is 191 Å². The fourth-order valence-corrected chi connectivity index (χ4v) is 4.27. The Morgan fingerprint density at radius 1 is 1.18 bits per heavy atom. The zero-order valence-electron chi connectivity index (χ0n) is 17.8. The fourth-order valence-electron chi connectivity index (χ4n) is 4.27. The molecule has 1 aliphatic heterocycles. The van der Waals surface area contributed by atoms with E-state index in [2.05, 4.69) is 20.1 Å². The van der Waals surface area contributed by atoms with E-state index in [0.717, 1.165) is 6.20 Å². The number of primary amides is 1. The van der Waals surface area contributed by atoms with Gasteiger partial charge in [0.05, 0.1) is 23.7 Å². The lowest BCUT2D eigenvalue weighted by Gasteiger charge is -2.26. The zero-order chi connectivity index (χ0) is 24.0. The van der Waals surface area contributed by atoms with Gasteiger partial charge in [0, 0.05) is 12.2 Å². The lowest BCUT2D eigenvalue weighted by molar-refractivity contribution is -0.138. The smallest absolute Gasteiger partial charge is 0.254 e. The molecule has 0 spiro atoms. The van der Waals surface area contributed by atoms with Crippen molar-refractivity contribution < 1.29 is 18.3 Å². The number of nitrogens with two attached hydrogens (primary N) is 3. The number of hydrogen-bond acceptors (Lipinski definition) is 8. The van der Waals surface area contributed by atoms with Gasteiger partial charge in [-0.25, -0.2) is 28.4 Å². The molecule has 34 heavy (non-hydrogen) atoms. The van der Waals surface area contributed by atoms with Crippen LogP contribution in [0.3, 0.4) is 0 Å². The van der Waals surface area contributed by atoms with Crippen LogP contribution in [0.2, 0.25) is 0 Å². The number of pyridine rings is 1. The van der Waals surface area contributed by atoms with Crippen LogP contribution in [0.15, 0.2) is 36.5 Å². The number of carbonyl (C=O) groups is 1. The van der Waals surface area contributed by atoms with Gasteiger partial charge < -0.3 is 21.9 Å². The Morgan fingerprint density at radius 3 is 2.56 bits per heavy atom. The van der Waals surface area contributed by atoms with Crippen molar-refractivity contribution in [3.05, 3.63) is 59.3 Å². The molecule has 1 fully saturated rings. The molecule has 6 N–H and O–H groups in total. The van der Waals surface area contributed by atoms with Gasteiger partial charge >= 0.3 is 0 Å². The average molecular weight is 466 g/mol. The number of rotatable bonds is 5. The van der Waals surface area contributed by atoms with E-state index in [0.29, 0.717) is 18.6 Å². The minimum Gasteiger partial charge on any atom is -0.383 e. The van der Waals surface area contributed by atoms with Gasteiger partial charge in [-0.2, -0.15) is 5.10 Å². The molecule has 1 amide bonds. The summed E-state index contributed by atoms with van der Waals surface area (Å²) in [7, 11) is 0. The second-order valence-corrected chi connectivity index (χ2v) is 7.96. The first kappa shape index (κ1) is 21.6. The van der Waals surface area contributed by atoms with Crippen molar-refractivity contribution in [2.24, 2.45) is 5.73 Å². The molecule has 10 nitrogen and oxygen atoms in total. The molecule has 3 aromatic heterocycles. The summed E-state index contributed by atoms with van der Waals surface area (Å²) in [5.41, 5.74) is 17.4. The van der Waals surface area contributed by atoms with Crippen LogP contribution in [-0.2, 0) is 21.7 Å². The number of benzene rings is 1. The minimum atomic E-state index is -1.52. The summed E-state index contributed by atoms with van der Waals surface area (Å²) in [5, 5.41) is 4.74. The second-order valence-electron chi connectivity index (χ2n) is 7.96. The SMILES string of the molecule is NC(=O)C1(c2c(N)nc(-c3nn(Cc4ccccc4F)c4ncc(F)cc34)nc2N)CCCO1. The van der Waals surface area contributed by atoms with Crippen molar-refractivity contribution in [1.82, 2.24) is 24.7 Å². The second kappa shape index (κ2) is 7.99. The summed E-state index contributed by atoms with van der Waals surface area (Å²) in [6.07, 6.45) is 1.90. The number of nitrogens with zero attached hydrogens (tertiary/aromatic N) is 5. The van der Waals surface area contributed by atoms with Crippen LogP contribution in [0, 0.1) is 11.6 Å². The van der Waals surface area contributed by atoms with Gasteiger partial charge in [0.25, 0.3) is 5.91 Å². The Hall–Kier alpha value is -4.19. The third kappa shape index (κ3) is 3.39. The molecule has 0 aliphatic carbocycles. The van der Waals surface area contributed by atoms with E-state index in [-0.39, 0.29) is 52.7 Å². The Kier molecular flexibility index (Phi) is 5.09. The van der Waals surface area contributed by atoms with E-state index in [9.17, 15) is 13.6 Å². The predicted octanol–water partition coefficient (Wildman–Crippen LogP) is 1.87. The Morgan fingerprint density at radius 2 is 1.91 bits per heavy atom. The van der Waals surface area contributed by atoms with Crippen molar-refractivity contribution >= 4 is 28.6 Å². The van der Waals surface area contributed by atoms with E-state index in [1.165, 1.54) is 16.8 Å². The maximum absolute atomic E-state index is 14.2. The van der Waals surface area contributed by atoms with E-state index in [1.807, 2.05) is 0 Å². The number of amides is 1. The third-order valence-electron chi connectivity index (χ3n) is 5.83. The highest BCUT2D eigenvalue weighted by atomic mass is 19.1. The lowest BCUT2D eigenvalue weighted by atomic mass is 9.90. The Bertz CT molecular complexity index is 1410. The quantitative estimate of drug-likeness (QED) is 0.402. The molecule has 4 heterocycles. The molecule has 0 saturated carbocycles. The largest absolute Gasteiger partial charge is 0.383 e. The molecule has 0 radical (unpaired) electrons. The molecular formula is C22H20F2N8O2. The number of carbonyl (C=O) groups excluding carboxylic acids is 1. The summed E-state index contributed by atoms with van der Waals surface area (Å²) < 4.78 is 35.4. The molecule has 1 aliphatic rings. The summed E-state index contributed by atoms with van der Waals surface area (Å²) in [6, 6.07) is 7.43. The first-order valence-corrected chi connectivity index (χ1v) is 10.4. The highest BCUT2D eigenvalue weighted by molar-refractivity contribution is 5.91. The van der Waals surface area contributed by atoms with Crippen molar-refractivity contribution in [3.63, 3.8) is 0 Å². The number of halogens is 2. The summed E-state index contributed by atoms with van der Waals surface area (Å²) >= 11 is 0. The molecule has 1 atom stereocenters. The summed E-state index contributed by atoms with van der Waals surface area (Å²) in [6.45, 7) is 0.336. The van der Waals surface area contributed by atoms with Gasteiger partial charge in [0.1, 0.15) is 29.0 Å². The van der Waals surface area contributed by atoms with E-state index >= 15 is 0 Å². The van der Waals surface area contributed by atoms with Gasteiger partial charge in [-0.3, -0.25) is 4.79 Å². The summed E-state index contributed by atoms with van der Waals surface area (Å²) in [4.78, 5) is 24.9. The van der Waals surface area contributed by atoms with Crippen molar-refractivity contribution in [2.45, 2.75) is 25.0 Å². The number of aromatic nitrogens is 5. The van der Waals surface area contributed by atoms with E-state index in [1.54, 1.807) is 18.2 Å².